The predicted molar refractivity (Wildman–Crippen MR) is 54.0 cm³/mol. The molecule has 70 valence electrons. The van der Waals surface area contributed by atoms with E-state index in [0.717, 1.165) is 0 Å². The minimum absolute atomic E-state index is 0.0285. The summed E-state index contributed by atoms with van der Waals surface area (Å²) in [6, 6.07) is 6.37. The van der Waals surface area contributed by atoms with E-state index in [1.54, 1.807) is 24.3 Å². The van der Waals surface area contributed by atoms with E-state index in [2.05, 4.69) is 0 Å². The summed E-state index contributed by atoms with van der Waals surface area (Å²) >= 11 is 5.69. The van der Waals surface area contributed by atoms with E-state index in [9.17, 15) is 4.79 Å². The van der Waals surface area contributed by atoms with Gasteiger partial charge in [-0.15, -0.1) is 0 Å². The summed E-state index contributed by atoms with van der Waals surface area (Å²) in [6.07, 6.45) is 0.654. The van der Waals surface area contributed by atoms with E-state index in [4.69, 9.17) is 17.3 Å². The fourth-order valence-electron chi connectivity index (χ4n) is 1.01. The molecule has 0 aliphatic heterocycles. The molecule has 0 aromatic heterocycles. The van der Waals surface area contributed by atoms with Crippen LogP contribution < -0.4 is 5.73 Å². The minimum Gasteiger partial charge on any atom is -0.321 e. The Kier molecular flexibility index (Phi) is 3.46. The molecule has 2 nitrogen and oxygen atoms in total. The lowest BCUT2D eigenvalue weighted by atomic mass is 10.0. The normalized spacial score (nSPS) is 12.5. The topological polar surface area (TPSA) is 43.1 Å². The number of carbonyl (C=O) groups excluding carboxylic acids is 1. The SMILES string of the molecule is CCC(N)C(=O)c1ccc(Cl)cc1. The molecule has 13 heavy (non-hydrogen) atoms. The zero-order valence-electron chi connectivity index (χ0n) is 7.46. The molecule has 1 rings (SSSR count). The van der Waals surface area contributed by atoms with Gasteiger partial charge >= 0.3 is 0 Å². The van der Waals surface area contributed by atoms with Crippen LogP contribution in [0, 0.1) is 0 Å². The van der Waals surface area contributed by atoms with Gasteiger partial charge in [0.15, 0.2) is 5.78 Å². The van der Waals surface area contributed by atoms with Crippen molar-refractivity contribution in [2.75, 3.05) is 0 Å². The van der Waals surface area contributed by atoms with Crippen molar-refractivity contribution in [2.24, 2.45) is 5.73 Å². The van der Waals surface area contributed by atoms with Gasteiger partial charge in [0, 0.05) is 10.6 Å². The Morgan fingerprint density at radius 1 is 1.46 bits per heavy atom. The van der Waals surface area contributed by atoms with Gasteiger partial charge in [0.1, 0.15) is 0 Å². The second-order valence-corrected chi connectivity index (χ2v) is 3.32. The maximum absolute atomic E-state index is 11.5. The molecule has 1 aromatic carbocycles. The van der Waals surface area contributed by atoms with Crippen molar-refractivity contribution >= 4 is 17.4 Å². The van der Waals surface area contributed by atoms with E-state index < -0.39 is 6.04 Å². The molecule has 3 heteroatoms. The predicted octanol–water partition coefficient (Wildman–Crippen LogP) is 2.26. The summed E-state index contributed by atoms with van der Waals surface area (Å²) < 4.78 is 0. The molecular weight excluding hydrogens is 186 g/mol. The zero-order valence-corrected chi connectivity index (χ0v) is 8.21. The summed E-state index contributed by atoms with van der Waals surface area (Å²) in [5.74, 6) is -0.0285. The Labute approximate surface area is 82.7 Å². The fraction of sp³-hybridized carbons (Fsp3) is 0.300. The highest BCUT2D eigenvalue weighted by Gasteiger charge is 2.12. The highest BCUT2D eigenvalue weighted by atomic mass is 35.5. The van der Waals surface area contributed by atoms with Crippen LogP contribution in [0.2, 0.25) is 5.02 Å². The van der Waals surface area contributed by atoms with E-state index >= 15 is 0 Å². The Bertz CT molecular complexity index is 294. The number of rotatable bonds is 3. The molecule has 0 amide bonds. The molecule has 0 saturated carbocycles. The van der Waals surface area contributed by atoms with Crippen LogP contribution in [0.4, 0.5) is 0 Å². The lowest BCUT2D eigenvalue weighted by Crippen LogP contribution is -2.29. The fourth-order valence-corrected chi connectivity index (χ4v) is 1.14. The first-order valence-corrected chi connectivity index (χ1v) is 4.58. The van der Waals surface area contributed by atoms with Crippen LogP contribution in [0.5, 0.6) is 0 Å². The Hall–Kier alpha value is -0.860. The van der Waals surface area contributed by atoms with Gasteiger partial charge in [-0.1, -0.05) is 18.5 Å². The first-order valence-electron chi connectivity index (χ1n) is 4.20. The molecule has 0 heterocycles. The summed E-state index contributed by atoms with van der Waals surface area (Å²) in [5.41, 5.74) is 6.23. The highest BCUT2D eigenvalue weighted by Crippen LogP contribution is 2.11. The molecule has 1 unspecified atom stereocenters. The molecular formula is C10H12ClNO. The molecule has 0 aliphatic rings. The molecule has 0 bridgehead atoms. The van der Waals surface area contributed by atoms with Gasteiger partial charge < -0.3 is 5.73 Å². The van der Waals surface area contributed by atoms with E-state index in [1.807, 2.05) is 6.92 Å². The van der Waals surface area contributed by atoms with E-state index in [-0.39, 0.29) is 5.78 Å². The van der Waals surface area contributed by atoms with Crippen LogP contribution in [0.15, 0.2) is 24.3 Å². The third-order valence-corrected chi connectivity index (χ3v) is 2.16. The van der Waals surface area contributed by atoms with Crippen molar-refractivity contribution in [3.05, 3.63) is 34.9 Å². The molecule has 0 saturated heterocycles. The van der Waals surface area contributed by atoms with Gasteiger partial charge in [0.2, 0.25) is 0 Å². The third kappa shape index (κ3) is 2.54. The Morgan fingerprint density at radius 2 is 2.00 bits per heavy atom. The molecule has 0 radical (unpaired) electrons. The standard InChI is InChI=1S/C10H12ClNO/c1-2-9(12)10(13)7-3-5-8(11)6-4-7/h3-6,9H,2,12H2,1H3. The van der Waals surface area contributed by atoms with Gasteiger partial charge in [-0.2, -0.15) is 0 Å². The molecule has 0 spiro atoms. The first-order chi connectivity index (χ1) is 6.15. The van der Waals surface area contributed by atoms with Gasteiger partial charge in [0.05, 0.1) is 6.04 Å². The van der Waals surface area contributed by atoms with Crippen molar-refractivity contribution in [1.29, 1.82) is 0 Å². The van der Waals surface area contributed by atoms with Gasteiger partial charge in [-0.05, 0) is 30.7 Å². The van der Waals surface area contributed by atoms with Crippen LogP contribution in [-0.2, 0) is 0 Å². The quantitative estimate of drug-likeness (QED) is 0.756. The second kappa shape index (κ2) is 4.40. The Balaban J connectivity index is 2.83. The summed E-state index contributed by atoms with van der Waals surface area (Å²) in [5, 5.41) is 0.626. The van der Waals surface area contributed by atoms with Gasteiger partial charge in [0.25, 0.3) is 0 Å². The maximum atomic E-state index is 11.5. The molecule has 0 aliphatic carbocycles. The van der Waals surface area contributed by atoms with Gasteiger partial charge in [-0.25, -0.2) is 0 Å². The largest absolute Gasteiger partial charge is 0.321 e. The number of hydrogen-bond donors (Lipinski definition) is 1. The monoisotopic (exact) mass is 197 g/mol. The van der Waals surface area contributed by atoms with Crippen molar-refractivity contribution < 1.29 is 4.79 Å². The first kappa shape index (κ1) is 10.2. The summed E-state index contributed by atoms with van der Waals surface area (Å²) in [6.45, 7) is 1.89. The number of ketones is 1. The van der Waals surface area contributed by atoms with E-state index in [1.165, 1.54) is 0 Å². The number of hydrogen-bond acceptors (Lipinski definition) is 2. The van der Waals surface area contributed by atoms with Crippen LogP contribution in [0.25, 0.3) is 0 Å². The van der Waals surface area contributed by atoms with E-state index in [0.29, 0.717) is 17.0 Å². The van der Waals surface area contributed by atoms with Crippen molar-refractivity contribution in [3.63, 3.8) is 0 Å². The number of halogens is 1. The lowest BCUT2D eigenvalue weighted by molar-refractivity contribution is 0.0959. The average molecular weight is 198 g/mol. The lowest BCUT2D eigenvalue weighted by Gasteiger charge is -2.06. The van der Waals surface area contributed by atoms with Crippen LogP contribution in [-0.4, -0.2) is 11.8 Å². The Morgan fingerprint density at radius 3 is 2.46 bits per heavy atom. The van der Waals surface area contributed by atoms with Crippen molar-refractivity contribution in [2.45, 2.75) is 19.4 Å². The van der Waals surface area contributed by atoms with Crippen molar-refractivity contribution in [3.8, 4) is 0 Å². The highest BCUT2D eigenvalue weighted by molar-refractivity contribution is 6.30. The van der Waals surface area contributed by atoms with Gasteiger partial charge in [-0.3, -0.25) is 4.79 Å². The summed E-state index contributed by atoms with van der Waals surface area (Å²) in [4.78, 5) is 11.5. The zero-order chi connectivity index (χ0) is 9.84. The molecule has 1 atom stereocenters. The smallest absolute Gasteiger partial charge is 0.179 e. The third-order valence-electron chi connectivity index (χ3n) is 1.91. The number of Topliss-reactive ketones (excluding diaryl/α,β-unsaturated/α-hetero) is 1. The maximum Gasteiger partial charge on any atom is 0.179 e. The van der Waals surface area contributed by atoms with Crippen LogP contribution >= 0.6 is 11.6 Å². The number of benzene rings is 1. The molecule has 1 aromatic rings. The van der Waals surface area contributed by atoms with Crippen molar-refractivity contribution in [1.82, 2.24) is 0 Å². The summed E-state index contributed by atoms with van der Waals surface area (Å²) in [7, 11) is 0. The molecule has 0 fully saturated rings. The molecule has 2 N–H and O–H groups in total. The van der Waals surface area contributed by atoms with Crippen LogP contribution in [0.1, 0.15) is 23.7 Å². The second-order valence-electron chi connectivity index (χ2n) is 2.89. The number of carbonyl (C=O) groups is 1. The minimum atomic E-state index is -0.402. The number of nitrogens with two attached hydrogens (primary N) is 1. The van der Waals surface area contributed by atoms with Crippen LogP contribution in [0.3, 0.4) is 0 Å². The average Bonchev–Trinajstić information content (AvgIpc) is 2.17.